The molecule has 1 aromatic carbocycles. The lowest BCUT2D eigenvalue weighted by molar-refractivity contribution is 0.102. The summed E-state index contributed by atoms with van der Waals surface area (Å²) in [7, 11) is 0. The number of benzene rings is 1. The third-order valence-corrected chi connectivity index (χ3v) is 6.00. The van der Waals surface area contributed by atoms with Crippen molar-refractivity contribution in [3.63, 3.8) is 0 Å². The van der Waals surface area contributed by atoms with Gasteiger partial charge in [-0.1, -0.05) is 6.92 Å². The summed E-state index contributed by atoms with van der Waals surface area (Å²) in [5, 5.41) is 7.28. The Morgan fingerprint density at radius 2 is 2.09 bits per heavy atom. The van der Waals surface area contributed by atoms with E-state index in [1.807, 2.05) is 23.9 Å². The number of nitrogens with zero attached hydrogens (tertiary/aromatic N) is 4. The van der Waals surface area contributed by atoms with Crippen LogP contribution in [0.1, 0.15) is 29.8 Å². The molecule has 1 atom stereocenters. The summed E-state index contributed by atoms with van der Waals surface area (Å²) in [4.78, 5) is 19.5. The molecule has 1 unspecified atom stereocenters. The molecule has 0 radical (unpaired) electrons. The first-order valence-corrected chi connectivity index (χ1v) is 12.2. The number of amides is 1. The monoisotopic (exact) mass is 455 g/mol. The highest BCUT2D eigenvalue weighted by molar-refractivity contribution is 7.98. The Bertz CT molecular complexity index is 1080. The minimum absolute atomic E-state index is 0.141. The second-order valence-electron chi connectivity index (χ2n) is 7.69. The average molecular weight is 456 g/mol. The van der Waals surface area contributed by atoms with E-state index in [1.54, 1.807) is 29.2 Å². The fourth-order valence-corrected chi connectivity index (χ4v) is 3.79. The standard InChI is InChI=1S/C20H21N5O3.C3H8S/c1-13-9-14-10-16(17(11-18(14)28-13)24-5-7-27-8-6-24)23-20(26)15-12-22-25-4-2-3-21-19(15)25;1-3-4-2/h2-4,10-13H,5-9H2,1H3,(H,23,26);3H2,1-2H3. The van der Waals surface area contributed by atoms with E-state index in [2.05, 4.69) is 40.4 Å². The van der Waals surface area contributed by atoms with Gasteiger partial charge in [0.15, 0.2) is 5.65 Å². The molecule has 1 N–H and O–H groups in total. The number of fused-ring (bicyclic) bond motifs is 2. The van der Waals surface area contributed by atoms with Gasteiger partial charge in [0.05, 0.1) is 30.8 Å². The number of thioether (sulfide) groups is 1. The van der Waals surface area contributed by atoms with Crippen LogP contribution in [0.3, 0.4) is 0 Å². The Hall–Kier alpha value is -2.78. The molecule has 0 bridgehead atoms. The Morgan fingerprint density at radius 1 is 1.31 bits per heavy atom. The minimum Gasteiger partial charge on any atom is -0.490 e. The van der Waals surface area contributed by atoms with Gasteiger partial charge in [-0.05, 0) is 31.1 Å². The molecular formula is C23H29N5O3S. The van der Waals surface area contributed by atoms with Crippen molar-refractivity contribution >= 4 is 34.7 Å². The van der Waals surface area contributed by atoms with E-state index >= 15 is 0 Å². The topological polar surface area (TPSA) is 81.0 Å². The van der Waals surface area contributed by atoms with Crippen molar-refractivity contribution in [2.45, 2.75) is 26.4 Å². The molecule has 1 saturated heterocycles. The highest BCUT2D eigenvalue weighted by Gasteiger charge is 2.25. The number of anilines is 2. The minimum atomic E-state index is -0.227. The van der Waals surface area contributed by atoms with Crippen LogP contribution in [0.15, 0.2) is 36.8 Å². The van der Waals surface area contributed by atoms with Gasteiger partial charge in [0.1, 0.15) is 17.4 Å². The van der Waals surface area contributed by atoms with Gasteiger partial charge in [-0.25, -0.2) is 9.50 Å². The molecule has 3 aromatic rings. The molecule has 2 aliphatic heterocycles. The van der Waals surface area contributed by atoms with E-state index in [0.29, 0.717) is 24.4 Å². The maximum Gasteiger partial charge on any atom is 0.261 e. The van der Waals surface area contributed by atoms with Gasteiger partial charge in [0.2, 0.25) is 0 Å². The van der Waals surface area contributed by atoms with Crippen molar-refractivity contribution in [2.24, 2.45) is 0 Å². The molecule has 1 amide bonds. The van der Waals surface area contributed by atoms with Crippen LogP contribution in [-0.4, -0.2) is 64.9 Å². The van der Waals surface area contributed by atoms with Gasteiger partial charge >= 0.3 is 0 Å². The lowest BCUT2D eigenvalue weighted by Gasteiger charge is -2.31. The van der Waals surface area contributed by atoms with Gasteiger partial charge in [-0.2, -0.15) is 16.9 Å². The van der Waals surface area contributed by atoms with Crippen molar-refractivity contribution in [3.8, 4) is 5.75 Å². The molecular weight excluding hydrogens is 426 g/mol. The van der Waals surface area contributed by atoms with E-state index in [9.17, 15) is 4.79 Å². The van der Waals surface area contributed by atoms with E-state index < -0.39 is 0 Å². The third kappa shape index (κ3) is 4.83. The maximum absolute atomic E-state index is 13.0. The summed E-state index contributed by atoms with van der Waals surface area (Å²) in [5.74, 6) is 1.90. The summed E-state index contributed by atoms with van der Waals surface area (Å²) < 4.78 is 13.0. The van der Waals surface area contributed by atoms with Crippen LogP contribution in [0.25, 0.3) is 5.65 Å². The number of morpholine rings is 1. The van der Waals surface area contributed by atoms with E-state index in [0.717, 1.165) is 42.2 Å². The van der Waals surface area contributed by atoms with Gasteiger partial charge in [0, 0.05) is 43.5 Å². The second-order valence-corrected chi connectivity index (χ2v) is 8.84. The molecule has 8 nitrogen and oxygen atoms in total. The molecule has 2 aliphatic rings. The molecule has 5 rings (SSSR count). The smallest absolute Gasteiger partial charge is 0.261 e. The van der Waals surface area contributed by atoms with Gasteiger partial charge in [-0.15, -0.1) is 0 Å². The zero-order valence-corrected chi connectivity index (χ0v) is 19.5. The Labute approximate surface area is 192 Å². The highest BCUT2D eigenvalue weighted by Crippen LogP contribution is 2.39. The van der Waals surface area contributed by atoms with Crippen LogP contribution in [0.4, 0.5) is 11.4 Å². The van der Waals surface area contributed by atoms with Crippen LogP contribution in [0.5, 0.6) is 5.75 Å². The SMILES string of the molecule is CC1Cc2cc(NC(=O)c3cnn4cccnc34)c(N3CCOCC3)cc2O1.CCSC. The number of rotatable bonds is 4. The molecule has 4 heterocycles. The van der Waals surface area contributed by atoms with Crippen LogP contribution in [0, 0.1) is 0 Å². The van der Waals surface area contributed by atoms with Crippen molar-refractivity contribution in [3.05, 3.63) is 47.9 Å². The first kappa shape index (κ1) is 22.4. The number of aromatic nitrogens is 3. The summed E-state index contributed by atoms with van der Waals surface area (Å²) in [6.07, 6.45) is 8.04. The van der Waals surface area contributed by atoms with Crippen molar-refractivity contribution in [1.29, 1.82) is 0 Å². The molecule has 32 heavy (non-hydrogen) atoms. The molecule has 0 saturated carbocycles. The Kier molecular flexibility index (Phi) is 7.16. The number of hydrogen-bond acceptors (Lipinski definition) is 7. The first-order chi connectivity index (χ1) is 15.6. The summed E-state index contributed by atoms with van der Waals surface area (Å²) >= 11 is 1.86. The van der Waals surface area contributed by atoms with Crippen LogP contribution >= 0.6 is 11.8 Å². The summed E-state index contributed by atoms with van der Waals surface area (Å²) in [6, 6.07) is 5.84. The lowest BCUT2D eigenvalue weighted by Crippen LogP contribution is -2.36. The Balaban J connectivity index is 0.000000567. The maximum atomic E-state index is 13.0. The summed E-state index contributed by atoms with van der Waals surface area (Å²) in [6.45, 7) is 7.08. The Morgan fingerprint density at radius 3 is 2.84 bits per heavy atom. The number of carbonyl (C=O) groups excluding carboxylic acids is 1. The van der Waals surface area contributed by atoms with E-state index in [1.165, 1.54) is 5.75 Å². The van der Waals surface area contributed by atoms with E-state index in [-0.39, 0.29) is 12.0 Å². The average Bonchev–Trinajstić information content (AvgIpc) is 3.41. The second kappa shape index (κ2) is 10.2. The quantitative estimate of drug-likeness (QED) is 0.645. The van der Waals surface area contributed by atoms with E-state index in [4.69, 9.17) is 9.47 Å². The third-order valence-electron chi connectivity index (χ3n) is 5.43. The largest absolute Gasteiger partial charge is 0.490 e. The molecule has 0 aliphatic carbocycles. The molecule has 170 valence electrons. The predicted molar refractivity (Wildman–Crippen MR) is 128 cm³/mol. The molecule has 0 spiro atoms. The fraction of sp³-hybridized carbons (Fsp3) is 0.435. The van der Waals surface area contributed by atoms with Crippen LogP contribution in [-0.2, 0) is 11.2 Å². The van der Waals surface area contributed by atoms with Crippen molar-refractivity contribution in [1.82, 2.24) is 14.6 Å². The zero-order chi connectivity index (χ0) is 22.5. The van der Waals surface area contributed by atoms with Gasteiger partial charge in [0.25, 0.3) is 5.91 Å². The molecule has 9 heteroatoms. The molecule has 1 fully saturated rings. The molecule has 2 aromatic heterocycles. The summed E-state index contributed by atoms with van der Waals surface area (Å²) in [5.41, 5.74) is 3.81. The number of hydrogen-bond donors (Lipinski definition) is 1. The van der Waals surface area contributed by atoms with Crippen molar-refractivity contribution in [2.75, 3.05) is 48.5 Å². The fourth-order valence-electron chi connectivity index (χ4n) is 3.79. The lowest BCUT2D eigenvalue weighted by atomic mass is 10.1. The van der Waals surface area contributed by atoms with Crippen molar-refractivity contribution < 1.29 is 14.3 Å². The van der Waals surface area contributed by atoms with Gasteiger partial charge < -0.3 is 19.7 Å². The van der Waals surface area contributed by atoms with Crippen LogP contribution < -0.4 is 15.0 Å². The number of carbonyl (C=O) groups is 1. The normalized spacial score (nSPS) is 17.3. The zero-order valence-electron chi connectivity index (χ0n) is 18.7. The predicted octanol–water partition coefficient (Wildman–Crippen LogP) is 3.51. The first-order valence-electron chi connectivity index (χ1n) is 10.9. The van der Waals surface area contributed by atoms with Gasteiger partial charge in [-0.3, -0.25) is 4.79 Å². The number of nitrogens with one attached hydrogen (secondary N) is 1. The highest BCUT2D eigenvalue weighted by atomic mass is 32.2. The number of ether oxygens (including phenoxy) is 2. The van der Waals surface area contributed by atoms with Crippen LogP contribution in [0.2, 0.25) is 0 Å².